The molecule has 0 unspecified atom stereocenters. The highest BCUT2D eigenvalue weighted by atomic mass is 127. The van der Waals surface area contributed by atoms with Crippen molar-refractivity contribution in [1.82, 2.24) is 30.0 Å². The van der Waals surface area contributed by atoms with E-state index >= 15 is 0 Å². The second kappa shape index (κ2) is 8.76. The summed E-state index contributed by atoms with van der Waals surface area (Å²) < 4.78 is 3.93. The van der Waals surface area contributed by atoms with Crippen LogP contribution in [-0.4, -0.2) is 38.9 Å². The summed E-state index contributed by atoms with van der Waals surface area (Å²) >= 11 is 0. The average Bonchev–Trinajstić information content (AvgIpc) is 3.05. The van der Waals surface area contributed by atoms with Crippen molar-refractivity contribution < 1.29 is 0 Å². The molecule has 7 nitrogen and oxygen atoms in total. The standard InChI is InChI=1S/C14H23N7.HI/c1-11-13(12(2)20(4)19-11)9-18-14(15-3)17-6-8-21-7-5-16-10-21;/h5,7,10H,6,8-9H2,1-4H3,(H2,15,17,18);1H. The van der Waals surface area contributed by atoms with Crippen LogP contribution in [-0.2, 0) is 20.1 Å². The molecule has 0 atom stereocenters. The Kier molecular flexibility index (Phi) is 7.36. The molecule has 2 N–H and O–H groups in total. The first-order valence-corrected chi connectivity index (χ1v) is 7.01. The molecule has 0 bridgehead atoms. The zero-order valence-corrected chi connectivity index (χ0v) is 15.8. The molecule has 122 valence electrons. The molecular formula is C14H24IN7. The third-order valence-electron chi connectivity index (χ3n) is 3.54. The molecule has 0 amide bonds. The topological polar surface area (TPSA) is 72.1 Å². The number of nitrogens with zero attached hydrogens (tertiary/aromatic N) is 5. The fourth-order valence-corrected chi connectivity index (χ4v) is 2.19. The molecule has 0 radical (unpaired) electrons. The zero-order valence-electron chi connectivity index (χ0n) is 13.5. The van der Waals surface area contributed by atoms with Crippen molar-refractivity contribution in [3.8, 4) is 0 Å². The summed E-state index contributed by atoms with van der Waals surface area (Å²) in [6, 6.07) is 0. The molecule has 0 aliphatic carbocycles. The number of rotatable bonds is 5. The van der Waals surface area contributed by atoms with E-state index in [0.29, 0.717) is 0 Å². The summed E-state index contributed by atoms with van der Waals surface area (Å²) in [6.07, 6.45) is 5.53. The van der Waals surface area contributed by atoms with E-state index in [2.05, 4.69) is 32.6 Å². The minimum atomic E-state index is 0. The van der Waals surface area contributed by atoms with Gasteiger partial charge in [0.15, 0.2) is 5.96 Å². The van der Waals surface area contributed by atoms with Crippen molar-refractivity contribution in [2.24, 2.45) is 12.0 Å². The molecule has 2 rings (SSSR count). The van der Waals surface area contributed by atoms with Crippen molar-refractivity contribution in [3.05, 3.63) is 35.7 Å². The molecule has 0 spiro atoms. The molecule has 8 heteroatoms. The first-order chi connectivity index (χ1) is 10.1. The van der Waals surface area contributed by atoms with Gasteiger partial charge in [-0.15, -0.1) is 24.0 Å². The fraction of sp³-hybridized carbons (Fsp3) is 0.500. The molecule has 2 heterocycles. The van der Waals surface area contributed by atoms with Gasteiger partial charge >= 0.3 is 0 Å². The first kappa shape index (κ1) is 18.5. The van der Waals surface area contributed by atoms with Gasteiger partial charge in [-0.2, -0.15) is 5.10 Å². The lowest BCUT2D eigenvalue weighted by Crippen LogP contribution is -2.38. The number of hydrogen-bond donors (Lipinski definition) is 2. The van der Waals surface area contributed by atoms with Crippen LogP contribution < -0.4 is 10.6 Å². The lowest BCUT2D eigenvalue weighted by atomic mass is 10.2. The van der Waals surface area contributed by atoms with Crippen molar-refractivity contribution >= 4 is 29.9 Å². The number of aromatic nitrogens is 4. The van der Waals surface area contributed by atoms with Crippen molar-refractivity contribution in [1.29, 1.82) is 0 Å². The summed E-state index contributed by atoms with van der Waals surface area (Å²) in [4.78, 5) is 8.25. The lowest BCUT2D eigenvalue weighted by Gasteiger charge is -2.12. The quantitative estimate of drug-likeness (QED) is 0.436. The van der Waals surface area contributed by atoms with E-state index in [0.717, 1.165) is 31.3 Å². The smallest absolute Gasteiger partial charge is 0.191 e. The molecule has 0 aliphatic rings. The maximum Gasteiger partial charge on any atom is 0.191 e. The van der Waals surface area contributed by atoms with Crippen molar-refractivity contribution in [2.45, 2.75) is 26.9 Å². The number of imidazole rings is 1. The minimum Gasteiger partial charge on any atom is -0.355 e. The normalized spacial score (nSPS) is 11.2. The summed E-state index contributed by atoms with van der Waals surface area (Å²) in [6.45, 7) is 6.47. The monoisotopic (exact) mass is 417 g/mol. The third-order valence-corrected chi connectivity index (χ3v) is 3.54. The van der Waals surface area contributed by atoms with Crippen molar-refractivity contribution in [2.75, 3.05) is 13.6 Å². The predicted molar refractivity (Wildman–Crippen MR) is 98.5 cm³/mol. The fourth-order valence-electron chi connectivity index (χ4n) is 2.19. The Bertz CT molecular complexity index is 601. The Hall–Kier alpha value is -1.58. The number of halogens is 1. The first-order valence-electron chi connectivity index (χ1n) is 7.01. The van der Waals surface area contributed by atoms with Crippen LogP contribution in [0.4, 0.5) is 0 Å². The van der Waals surface area contributed by atoms with Crippen LogP contribution in [0.5, 0.6) is 0 Å². The molecule has 22 heavy (non-hydrogen) atoms. The van der Waals surface area contributed by atoms with Crippen LogP contribution in [0.25, 0.3) is 0 Å². The van der Waals surface area contributed by atoms with Crippen LogP contribution in [0.15, 0.2) is 23.7 Å². The van der Waals surface area contributed by atoms with Crippen molar-refractivity contribution in [3.63, 3.8) is 0 Å². The van der Waals surface area contributed by atoms with E-state index in [1.165, 1.54) is 11.3 Å². The summed E-state index contributed by atoms with van der Waals surface area (Å²) in [5.74, 6) is 0.790. The molecule has 2 aromatic heterocycles. The zero-order chi connectivity index (χ0) is 15.2. The molecule has 0 aromatic carbocycles. The number of hydrogen-bond acceptors (Lipinski definition) is 3. The third kappa shape index (κ3) is 4.72. The Balaban J connectivity index is 0.00000242. The maximum absolute atomic E-state index is 4.42. The highest BCUT2D eigenvalue weighted by molar-refractivity contribution is 14.0. The molecule has 0 saturated carbocycles. The van der Waals surface area contributed by atoms with Gasteiger partial charge in [0.2, 0.25) is 0 Å². The van der Waals surface area contributed by atoms with Crippen LogP contribution in [0.3, 0.4) is 0 Å². The lowest BCUT2D eigenvalue weighted by molar-refractivity contribution is 0.661. The highest BCUT2D eigenvalue weighted by Crippen LogP contribution is 2.10. The van der Waals surface area contributed by atoms with E-state index in [4.69, 9.17) is 0 Å². The van der Waals surface area contributed by atoms with Crippen LogP contribution >= 0.6 is 24.0 Å². The number of guanidine groups is 1. The van der Waals surface area contributed by atoms with Crippen LogP contribution in [0.2, 0.25) is 0 Å². The Morgan fingerprint density at radius 3 is 2.64 bits per heavy atom. The predicted octanol–water partition coefficient (Wildman–Crippen LogP) is 1.22. The molecular weight excluding hydrogens is 393 g/mol. The van der Waals surface area contributed by atoms with Gasteiger partial charge in [0, 0.05) is 57.4 Å². The second-order valence-corrected chi connectivity index (χ2v) is 4.93. The summed E-state index contributed by atoms with van der Waals surface area (Å²) in [5, 5.41) is 11.0. The second-order valence-electron chi connectivity index (χ2n) is 4.93. The van der Waals surface area contributed by atoms with Gasteiger partial charge in [0.1, 0.15) is 0 Å². The SMILES string of the molecule is CN=C(NCCn1ccnc1)NCc1c(C)nn(C)c1C.I. The van der Waals surface area contributed by atoms with Crippen LogP contribution in [0.1, 0.15) is 17.0 Å². The molecule has 0 saturated heterocycles. The Morgan fingerprint density at radius 2 is 2.09 bits per heavy atom. The summed E-state index contributed by atoms with van der Waals surface area (Å²) in [7, 11) is 3.74. The van der Waals surface area contributed by atoms with E-state index in [9.17, 15) is 0 Å². The average molecular weight is 417 g/mol. The number of aliphatic imine (C=N–C) groups is 1. The largest absolute Gasteiger partial charge is 0.355 e. The van der Waals surface area contributed by atoms with E-state index in [-0.39, 0.29) is 24.0 Å². The maximum atomic E-state index is 4.42. The van der Waals surface area contributed by atoms with Gasteiger partial charge in [-0.05, 0) is 13.8 Å². The Morgan fingerprint density at radius 1 is 1.32 bits per heavy atom. The van der Waals surface area contributed by atoms with E-state index < -0.39 is 0 Å². The Labute approximate surface area is 148 Å². The molecule has 0 fully saturated rings. The number of aryl methyl sites for hydroxylation is 2. The van der Waals surface area contributed by atoms with Gasteiger partial charge in [0.05, 0.1) is 12.0 Å². The number of nitrogens with one attached hydrogen (secondary N) is 2. The van der Waals surface area contributed by atoms with E-state index in [1.807, 2.05) is 29.4 Å². The minimum absolute atomic E-state index is 0. The van der Waals surface area contributed by atoms with Gasteiger partial charge in [-0.1, -0.05) is 0 Å². The molecule has 0 aliphatic heterocycles. The van der Waals surface area contributed by atoms with Crippen LogP contribution in [0, 0.1) is 13.8 Å². The summed E-state index contributed by atoms with van der Waals surface area (Å²) in [5.41, 5.74) is 3.44. The van der Waals surface area contributed by atoms with Gasteiger partial charge in [0.25, 0.3) is 0 Å². The van der Waals surface area contributed by atoms with Gasteiger partial charge in [-0.25, -0.2) is 4.98 Å². The highest BCUT2D eigenvalue weighted by Gasteiger charge is 2.09. The van der Waals surface area contributed by atoms with Gasteiger partial charge in [-0.3, -0.25) is 9.67 Å². The van der Waals surface area contributed by atoms with Gasteiger partial charge < -0.3 is 15.2 Å². The van der Waals surface area contributed by atoms with E-state index in [1.54, 1.807) is 19.6 Å². The molecule has 2 aromatic rings.